The number of rotatable bonds is 2. The first kappa shape index (κ1) is 17.8. The maximum absolute atomic E-state index is 13.0. The van der Waals surface area contributed by atoms with E-state index in [2.05, 4.69) is 10.3 Å². The largest absolute Gasteiger partial charge is 0.327 e. The van der Waals surface area contributed by atoms with Crippen LogP contribution in [0, 0.1) is 12.7 Å². The van der Waals surface area contributed by atoms with Crippen LogP contribution in [0.15, 0.2) is 47.5 Å². The van der Waals surface area contributed by atoms with Crippen LogP contribution in [0.5, 0.6) is 0 Å². The molecule has 0 spiro atoms. The van der Waals surface area contributed by atoms with Gasteiger partial charge in [0, 0.05) is 22.5 Å². The fourth-order valence-electron chi connectivity index (χ4n) is 2.36. The number of carbonyl (C=O) groups excluding carboxylic acids is 1. The molecule has 0 radical (unpaired) electrons. The van der Waals surface area contributed by atoms with E-state index >= 15 is 0 Å². The second kappa shape index (κ2) is 7.45. The molecule has 0 bridgehead atoms. The van der Waals surface area contributed by atoms with Crippen molar-refractivity contribution >= 4 is 45.9 Å². The first-order valence-corrected chi connectivity index (χ1v) is 9.04. The van der Waals surface area contributed by atoms with Gasteiger partial charge in [0.05, 0.1) is 5.69 Å². The highest BCUT2D eigenvalue weighted by atomic mass is 35.5. The van der Waals surface area contributed by atoms with Gasteiger partial charge in [-0.1, -0.05) is 36.4 Å². The molecule has 25 heavy (non-hydrogen) atoms. The lowest BCUT2D eigenvalue weighted by Crippen LogP contribution is -2.36. The van der Waals surface area contributed by atoms with Gasteiger partial charge in [-0.15, -0.1) is 0 Å². The maximum Gasteiger partial charge on any atom is 0.327 e. The SMILES string of the molecule is Cc1ccc(NC(=O)N2CC(C)SC2=Nc2ccc(F)cc2)cc1Cl. The van der Waals surface area contributed by atoms with Crippen molar-refractivity contribution in [1.82, 2.24) is 4.90 Å². The number of amides is 2. The van der Waals surface area contributed by atoms with E-state index in [9.17, 15) is 9.18 Å². The molecular formula is C18H17ClFN3OS. The molecular weight excluding hydrogens is 361 g/mol. The Labute approximate surface area is 155 Å². The molecule has 130 valence electrons. The highest BCUT2D eigenvalue weighted by molar-refractivity contribution is 8.14. The zero-order valence-corrected chi connectivity index (χ0v) is 15.4. The third kappa shape index (κ3) is 4.32. The standard InChI is InChI=1S/C18H17ClFN3OS/c1-11-3-6-15(9-16(11)19)21-17(24)23-10-12(2)25-18(23)22-14-7-4-13(20)5-8-14/h3-9,12H,10H2,1-2H3,(H,21,24). The van der Waals surface area contributed by atoms with E-state index in [-0.39, 0.29) is 17.1 Å². The lowest BCUT2D eigenvalue weighted by atomic mass is 10.2. The van der Waals surface area contributed by atoms with Gasteiger partial charge in [0.2, 0.25) is 0 Å². The summed E-state index contributed by atoms with van der Waals surface area (Å²) in [6, 6.07) is 11.0. The van der Waals surface area contributed by atoms with Gasteiger partial charge in [-0.05, 0) is 48.9 Å². The van der Waals surface area contributed by atoms with Gasteiger partial charge in [-0.2, -0.15) is 0 Å². The van der Waals surface area contributed by atoms with Crippen molar-refractivity contribution in [3.05, 3.63) is 58.9 Å². The number of aliphatic imine (C=N–C) groups is 1. The molecule has 1 heterocycles. The van der Waals surface area contributed by atoms with Crippen molar-refractivity contribution in [2.75, 3.05) is 11.9 Å². The number of nitrogens with one attached hydrogen (secondary N) is 1. The van der Waals surface area contributed by atoms with Crippen LogP contribution >= 0.6 is 23.4 Å². The number of hydrogen-bond acceptors (Lipinski definition) is 3. The van der Waals surface area contributed by atoms with Crippen molar-refractivity contribution in [1.29, 1.82) is 0 Å². The molecule has 0 aliphatic carbocycles. The smallest absolute Gasteiger partial charge is 0.307 e. The monoisotopic (exact) mass is 377 g/mol. The van der Waals surface area contributed by atoms with Crippen LogP contribution in [-0.4, -0.2) is 27.9 Å². The number of halogens is 2. The average molecular weight is 378 g/mol. The van der Waals surface area contributed by atoms with E-state index in [0.29, 0.717) is 28.1 Å². The van der Waals surface area contributed by atoms with Crippen molar-refractivity contribution in [2.24, 2.45) is 4.99 Å². The molecule has 2 amide bonds. The van der Waals surface area contributed by atoms with Gasteiger partial charge >= 0.3 is 6.03 Å². The lowest BCUT2D eigenvalue weighted by Gasteiger charge is -2.17. The van der Waals surface area contributed by atoms with Gasteiger partial charge in [-0.25, -0.2) is 14.2 Å². The first-order valence-electron chi connectivity index (χ1n) is 7.78. The quantitative estimate of drug-likeness (QED) is 0.756. The minimum atomic E-state index is -0.317. The van der Waals surface area contributed by atoms with Crippen LogP contribution < -0.4 is 5.32 Å². The molecule has 1 aliphatic rings. The van der Waals surface area contributed by atoms with E-state index in [1.54, 1.807) is 23.1 Å². The number of benzene rings is 2. The molecule has 1 saturated heterocycles. The van der Waals surface area contributed by atoms with Crippen molar-refractivity contribution in [3.63, 3.8) is 0 Å². The van der Waals surface area contributed by atoms with Gasteiger partial charge in [-0.3, -0.25) is 4.90 Å². The number of carbonyl (C=O) groups is 1. The Morgan fingerprint density at radius 1 is 1.32 bits per heavy atom. The fraction of sp³-hybridized carbons (Fsp3) is 0.222. The maximum atomic E-state index is 13.0. The Balaban J connectivity index is 1.79. The Morgan fingerprint density at radius 3 is 2.72 bits per heavy atom. The average Bonchev–Trinajstić information content (AvgIpc) is 2.94. The Kier molecular flexibility index (Phi) is 5.30. The number of thioether (sulfide) groups is 1. The summed E-state index contributed by atoms with van der Waals surface area (Å²) in [6.07, 6.45) is 0. The molecule has 1 fully saturated rings. The molecule has 1 N–H and O–H groups in total. The second-order valence-corrected chi connectivity index (χ2v) is 7.62. The molecule has 4 nitrogen and oxygen atoms in total. The first-order chi connectivity index (χ1) is 11.9. The normalized spacial score (nSPS) is 18.6. The van der Waals surface area contributed by atoms with Crippen LogP contribution in [-0.2, 0) is 0 Å². The van der Waals surface area contributed by atoms with Gasteiger partial charge in [0.15, 0.2) is 5.17 Å². The van der Waals surface area contributed by atoms with Crippen LogP contribution in [0.25, 0.3) is 0 Å². The molecule has 1 aliphatic heterocycles. The van der Waals surface area contributed by atoms with Gasteiger partial charge in [0.25, 0.3) is 0 Å². The third-order valence-corrected chi connectivity index (χ3v) is 5.18. The Bertz CT molecular complexity index is 826. The molecule has 3 rings (SSSR count). The van der Waals surface area contributed by atoms with E-state index in [4.69, 9.17) is 11.6 Å². The van der Waals surface area contributed by atoms with Crippen LogP contribution in [0.4, 0.5) is 20.6 Å². The highest BCUT2D eigenvalue weighted by Gasteiger charge is 2.31. The predicted molar refractivity (Wildman–Crippen MR) is 102 cm³/mol. The van der Waals surface area contributed by atoms with Crippen molar-refractivity contribution in [2.45, 2.75) is 19.1 Å². The molecule has 7 heteroatoms. The Morgan fingerprint density at radius 2 is 2.04 bits per heavy atom. The van der Waals surface area contributed by atoms with Gasteiger partial charge in [0.1, 0.15) is 5.82 Å². The van der Waals surface area contributed by atoms with E-state index in [1.165, 1.54) is 23.9 Å². The van der Waals surface area contributed by atoms with Crippen LogP contribution in [0.1, 0.15) is 12.5 Å². The summed E-state index contributed by atoms with van der Waals surface area (Å²) >= 11 is 7.62. The summed E-state index contributed by atoms with van der Waals surface area (Å²) in [5.41, 5.74) is 2.18. The highest BCUT2D eigenvalue weighted by Crippen LogP contribution is 2.29. The minimum absolute atomic E-state index is 0.228. The molecule has 0 saturated carbocycles. The number of aryl methyl sites for hydroxylation is 1. The molecule has 2 aromatic carbocycles. The summed E-state index contributed by atoms with van der Waals surface area (Å²) < 4.78 is 13.0. The summed E-state index contributed by atoms with van der Waals surface area (Å²) in [5, 5.41) is 4.27. The molecule has 1 atom stereocenters. The molecule has 2 aromatic rings. The predicted octanol–water partition coefficient (Wildman–Crippen LogP) is 5.44. The number of urea groups is 1. The Hall–Kier alpha value is -2.05. The summed E-state index contributed by atoms with van der Waals surface area (Å²) in [6.45, 7) is 4.48. The topological polar surface area (TPSA) is 44.7 Å². The lowest BCUT2D eigenvalue weighted by molar-refractivity contribution is 0.235. The number of hydrogen-bond donors (Lipinski definition) is 1. The zero-order chi connectivity index (χ0) is 18.0. The second-order valence-electron chi connectivity index (χ2n) is 5.80. The van der Waals surface area contributed by atoms with Crippen molar-refractivity contribution in [3.8, 4) is 0 Å². The summed E-state index contributed by atoms with van der Waals surface area (Å²) in [5.74, 6) is -0.317. The number of nitrogens with zero attached hydrogens (tertiary/aromatic N) is 2. The van der Waals surface area contributed by atoms with E-state index < -0.39 is 0 Å². The number of amidine groups is 1. The third-order valence-electron chi connectivity index (χ3n) is 3.70. The van der Waals surface area contributed by atoms with Crippen molar-refractivity contribution < 1.29 is 9.18 Å². The number of anilines is 1. The minimum Gasteiger partial charge on any atom is -0.307 e. The van der Waals surface area contributed by atoms with E-state index in [0.717, 1.165) is 5.56 Å². The van der Waals surface area contributed by atoms with Crippen LogP contribution in [0.3, 0.4) is 0 Å². The summed E-state index contributed by atoms with van der Waals surface area (Å²) in [7, 11) is 0. The fourth-order valence-corrected chi connectivity index (χ4v) is 3.57. The van der Waals surface area contributed by atoms with Crippen LogP contribution in [0.2, 0.25) is 5.02 Å². The molecule has 1 unspecified atom stereocenters. The summed E-state index contributed by atoms with van der Waals surface area (Å²) in [4.78, 5) is 18.7. The molecule has 0 aromatic heterocycles. The van der Waals surface area contributed by atoms with E-state index in [1.807, 2.05) is 26.0 Å². The van der Waals surface area contributed by atoms with Gasteiger partial charge < -0.3 is 5.32 Å². The zero-order valence-electron chi connectivity index (χ0n) is 13.8.